The number of benzene rings is 1. The zero-order valence-electron chi connectivity index (χ0n) is 18.9. The summed E-state index contributed by atoms with van der Waals surface area (Å²) in [6.45, 7) is 8.49. The number of aryl methyl sites for hydroxylation is 2. The number of hydrogen-bond donors (Lipinski definition) is 0. The van der Waals surface area contributed by atoms with E-state index in [4.69, 9.17) is 14.2 Å². The van der Waals surface area contributed by atoms with Gasteiger partial charge in [-0.3, -0.25) is 4.79 Å². The number of carbonyl (C=O) groups excluding carboxylic acids is 1. The van der Waals surface area contributed by atoms with Crippen molar-refractivity contribution >= 4 is 5.97 Å². The molecule has 1 heterocycles. The highest BCUT2D eigenvalue weighted by Gasteiger charge is 2.24. The highest BCUT2D eigenvalue weighted by Crippen LogP contribution is 2.35. The Labute approximate surface area is 183 Å². The predicted molar refractivity (Wildman–Crippen MR) is 120 cm³/mol. The summed E-state index contributed by atoms with van der Waals surface area (Å²) in [6, 6.07) is 8.77. The fraction of sp³-hybridized carbons (Fsp3) is 0.440. The highest BCUT2D eigenvalue weighted by atomic mass is 16.5. The van der Waals surface area contributed by atoms with Crippen molar-refractivity contribution in [3.05, 3.63) is 69.2 Å². The Balaban J connectivity index is 1.95. The minimum atomic E-state index is -0.558. The molecule has 0 saturated heterocycles. The first kappa shape index (κ1) is 22.7. The summed E-state index contributed by atoms with van der Waals surface area (Å²) in [5.41, 5.74) is 3.26. The van der Waals surface area contributed by atoms with Crippen LogP contribution in [0.15, 0.2) is 46.8 Å². The van der Waals surface area contributed by atoms with Crippen molar-refractivity contribution in [3.8, 4) is 11.5 Å². The molecule has 1 saturated carbocycles. The van der Waals surface area contributed by atoms with Gasteiger partial charge in [0.2, 0.25) is 0 Å². The molecule has 1 atom stereocenters. The molecule has 1 fully saturated rings. The fourth-order valence-electron chi connectivity index (χ4n) is 3.46. The molecule has 166 valence electrons. The van der Waals surface area contributed by atoms with Crippen molar-refractivity contribution in [3.63, 3.8) is 0 Å². The minimum Gasteiger partial charge on any atom is -0.493 e. The summed E-state index contributed by atoms with van der Waals surface area (Å²) in [6.07, 6.45) is 3.30. The summed E-state index contributed by atoms with van der Waals surface area (Å²) in [5.74, 6) is 1.49. The van der Waals surface area contributed by atoms with Crippen LogP contribution in [-0.4, -0.2) is 24.3 Å². The average molecular weight is 426 g/mol. The number of methoxy groups -OCH3 is 1. The van der Waals surface area contributed by atoms with Crippen LogP contribution < -0.4 is 14.9 Å². The Kier molecular flexibility index (Phi) is 7.21. The number of pyridine rings is 1. The third-order valence-corrected chi connectivity index (χ3v) is 5.30. The van der Waals surface area contributed by atoms with Gasteiger partial charge in [-0.05, 0) is 64.2 Å². The maximum atomic E-state index is 12.5. The predicted octanol–water partition coefficient (Wildman–Crippen LogP) is 4.51. The van der Waals surface area contributed by atoms with Gasteiger partial charge in [0.15, 0.2) is 16.9 Å². The Morgan fingerprint density at radius 1 is 1.13 bits per heavy atom. The monoisotopic (exact) mass is 425 g/mol. The van der Waals surface area contributed by atoms with Crippen molar-refractivity contribution in [1.82, 2.24) is 4.57 Å². The largest absolute Gasteiger partial charge is 0.493 e. The zero-order valence-corrected chi connectivity index (χ0v) is 18.9. The Morgan fingerprint density at radius 3 is 2.39 bits per heavy atom. The van der Waals surface area contributed by atoms with Crippen LogP contribution in [0.1, 0.15) is 49.7 Å². The van der Waals surface area contributed by atoms with Crippen LogP contribution in [-0.2, 0) is 16.1 Å². The molecule has 0 spiro atoms. The van der Waals surface area contributed by atoms with E-state index in [2.05, 4.69) is 0 Å². The van der Waals surface area contributed by atoms with Gasteiger partial charge in [0.05, 0.1) is 20.3 Å². The molecule has 6 heteroatoms. The van der Waals surface area contributed by atoms with Crippen molar-refractivity contribution in [1.29, 1.82) is 0 Å². The second-order valence-electron chi connectivity index (χ2n) is 8.40. The molecule has 1 unspecified atom stereocenters. The van der Waals surface area contributed by atoms with Crippen LogP contribution in [0, 0.1) is 19.8 Å². The van der Waals surface area contributed by atoms with Crippen LogP contribution in [0.2, 0.25) is 0 Å². The van der Waals surface area contributed by atoms with Crippen molar-refractivity contribution in [2.75, 3.05) is 13.7 Å². The van der Waals surface area contributed by atoms with Gasteiger partial charge in [0.25, 0.3) is 0 Å². The van der Waals surface area contributed by atoms with Gasteiger partial charge in [-0.15, -0.1) is 0 Å². The summed E-state index contributed by atoms with van der Waals surface area (Å²) in [5, 5.41) is 0. The standard InChI is InChI=1S/C25H31NO5/c1-16(2)10-25(28)31-24(14-26-17(3)11-21(27)12-18(26)4)20-8-9-22(29-5)23(13-20)30-15-19-6-7-19/h8-13,19,24H,6-7,14-15H2,1-5H3. The van der Waals surface area contributed by atoms with Gasteiger partial charge < -0.3 is 18.8 Å². The first-order valence-electron chi connectivity index (χ1n) is 10.6. The van der Waals surface area contributed by atoms with Crippen LogP contribution in [0.5, 0.6) is 11.5 Å². The van der Waals surface area contributed by atoms with Crippen molar-refractivity contribution < 1.29 is 19.0 Å². The Morgan fingerprint density at radius 2 is 1.81 bits per heavy atom. The van der Waals surface area contributed by atoms with E-state index in [-0.39, 0.29) is 5.43 Å². The van der Waals surface area contributed by atoms with E-state index < -0.39 is 12.1 Å². The van der Waals surface area contributed by atoms with Gasteiger partial charge in [0.1, 0.15) is 6.10 Å². The van der Waals surface area contributed by atoms with Gasteiger partial charge in [0, 0.05) is 29.6 Å². The lowest BCUT2D eigenvalue weighted by atomic mass is 10.1. The van der Waals surface area contributed by atoms with E-state index in [9.17, 15) is 9.59 Å². The van der Waals surface area contributed by atoms with Crippen LogP contribution >= 0.6 is 0 Å². The van der Waals surface area contributed by atoms with Gasteiger partial charge >= 0.3 is 5.97 Å². The van der Waals surface area contributed by atoms with E-state index in [0.717, 1.165) is 22.5 Å². The maximum absolute atomic E-state index is 12.5. The normalized spacial score (nSPS) is 14.0. The molecule has 31 heavy (non-hydrogen) atoms. The minimum absolute atomic E-state index is 0.0375. The topological polar surface area (TPSA) is 66.8 Å². The smallest absolute Gasteiger partial charge is 0.331 e. The van der Waals surface area contributed by atoms with Crippen LogP contribution in [0.25, 0.3) is 0 Å². The molecule has 1 aliphatic carbocycles. The number of allylic oxidation sites excluding steroid dienone is 1. The number of nitrogens with zero attached hydrogens (tertiary/aromatic N) is 1. The highest BCUT2D eigenvalue weighted by molar-refractivity contribution is 5.82. The molecule has 1 aromatic carbocycles. The molecule has 1 aliphatic rings. The SMILES string of the molecule is COc1ccc(C(Cn2c(C)cc(=O)cc2C)OC(=O)C=C(C)C)cc1OCC1CC1. The molecule has 6 nitrogen and oxygen atoms in total. The third kappa shape index (κ3) is 6.23. The van der Waals surface area contributed by atoms with E-state index in [1.54, 1.807) is 19.2 Å². The van der Waals surface area contributed by atoms with Gasteiger partial charge in [-0.1, -0.05) is 11.6 Å². The number of aromatic nitrogens is 1. The molecule has 0 aliphatic heterocycles. The fourth-order valence-corrected chi connectivity index (χ4v) is 3.46. The molecule has 2 aromatic rings. The summed E-state index contributed by atoms with van der Waals surface area (Å²) < 4.78 is 19.3. The molecule has 0 N–H and O–H groups in total. The number of rotatable bonds is 9. The first-order valence-corrected chi connectivity index (χ1v) is 10.6. The van der Waals surface area contributed by atoms with Crippen molar-refractivity contribution in [2.24, 2.45) is 5.92 Å². The van der Waals surface area contributed by atoms with Crippen LogP contribution in [0.4, 0.5) is 0 Å². The summed E-state index contributed by atoms with van der Waals surface area (Å²) in [7, 11) is 1.61. The second kappa shape index (κ2) is 9.86. The summed E-state index contributed by atoms with van der Waals surface area (Å²) >= 11 is 0. The number of esters is 1. The van der Waals surface area contributed by atoms with Gasteiger partial charge in [-0.25, -0.2) is 4.79 Å². The van der Waals surface area contributed by atoms with Gasteiger partial charge in [-0.2, -0.15) is 0 Å². The molecule has 0 bridgehead atoms. The number of hydrogen-bond acceptors (Lipinski definition) is 5. The maximum Gasteiger partial charge on any atom is 0.331 e. The lowest BCUT2D eigenvalue weighted by Gasteiger charge is -2.23. The second-order valence-corrected chi connectivity index (χ2v) is 8.40. The molecular weight excluding hydrogens is 394 g/mol. The first-order chi connectivity index (χ1) is 14.8. The molecule has 0 radical (unpaired) electrons. The quantitative estimate of drug-likeness (QED) is 0.437. The van der Waals surface area contributed by atoms with Crippen molar-refractivity contribution in [2.45, 2.75) is 53.2 Å². The van der Waals surface area contributed by atoms with E-state index in [1.165, 1.54) is 18.9 Å². The average Bonchev–Trinajstić information content (AvgIpc) is 3.51. The Bertz CT molecular complexity index is 1000. The molecule has 3 rings (SSSR count). The summed E-state index contributed by atoms with van der Waals surface area (Å²) in [4.78, 5) is 24.3. The number of ether oxygens (including phenoxy) is 3. The molecule has 1 aromatic heterocycles. The zero-order chi connectivity index (χ0) is 22.5. The Hall–Kier alpha value is -3.02. The van der Waals surface area contributed by atoms with E-state index in [1.807, 2.05) is 50.5 Å². The lowest BCUT2D eigenvalue weighted by Crippen LogP contribution is -2.21. The third-order valence-electron chi connectivity index (χ3n) is 5.30. The van der Waals surface area contributed by atoms with Crippen LogP contribution in [0.3, 0.4) is 0 Å². The van der Waals surface area contributed by atoms with E-state index >= 15 is 0 Å². The molecule has 0 amide bonds. The molecular formula is C25H31NO5. The number of carbonyl (C=O) groups is 1. The lowest BCUT2D eigenvalue weighted by molar-refractivity contribution is -0.144. The van der Waals surface area contributed by atoms with E-state index in [0.29, 0.717) is 30.6 Å².